The average Bonchev–Trinajstić information content (AvgIpc) is 1.18. The van der Waals surface area contributed by atoms with Gasteiger partial charge in [0.15, 0.2) is 37.2 Å². The lowest BCUT2D eigenvalue weighted by Crippen LogP contribution is -2.68. The van der Waals surface area contributed by atoms with Gasteiger partial charge in [0, 0.05) is 20.3 Å². The second-order valence-electron chi connectivity index (χ2n) is 28.1. The fourth-order valence-electron chi connectivity index (χ4n) is 17.0. The van der Waals surface area contributed by atoms with Gasteiger partial charge in [0.25, 0.3) is 0 Å². The molecule has 7 fully saturated rings. The highest BCUT2D eigenvalue weighted by atomic mass is 16.8. The fourth-order valence-corrected chi connectivity index (χ4v) is 17.0. The van der Waals surface area contributed by atoms with E-state index in [0.717, 1.165) is 64.4 Å². The Kier molecular flexibility index (Phi) is 22.9. The van der Waals surface area contributed by atoms with Crippen LogP contribution in [0.3, 0.4) is 0 Å². The van der Waals surface area contributed by atoms with Crippen LogP contribution in [0.2, 0.25) is 0 Å². The molecule has 28 heteroatoms. The van der Waals surface area contributed by atoms with Crippen LogP contribution in [0.1, 0.15) is 120 Å². The molecule has 2 saturated carbocycles. The Labute approximate surface area is 524 Å². The van der Waals surface area contributed by atoms with Crippen LogP contribution in [0.5, 0.6) is 0 Å². The third kappa shape index (κ3) is 14.1. The van der Waals surface area contributed by atoms with E-state index in [4.69, 9.17) is 47.4 Å². The summed E-state index contributed by atoms with van der Waals surface area (Å²) in [6.07, 6.45) is -29.4. The van der Waals surface area contributed by atoms with Crippen molar-refractivity contribution >= 4 is 17.6 Å². The molecule has 0 aromatic heterocycles. The summed E-state index contributed by atoms with van der Waals surface area (Å²) in [6.45, 7) is 13.8. The number of carbonyl (C=O) groups is 3. The van der Waals surface area contributed by atoms with Crippen LogP contribution < -0.4 is 10.6 Å². The lowest BCUT2D eigenvalue weighted by atomic mass is 9.45. The number of allylic oxidation sites excluding steroid dienone is 4. The van der Waals surface area contributed by atoms with E-state index in [0.29, 0.717) is 24.7 Å². The van der Waals surface area contributed by atoms with Crippen LogP contribution in [0, 0.1) is 39.9 Å². The summed E-state index contributed by atoms with van der Waals surface area (Å²) < 4.78 is 61.9. The van der Waals surface area contributed by atoms with Gasteiger partial charge in [-0.15, -0.1) is 0 Å². The topological polar surface area (TPSA) is 431 Å². The summed E-state index contributed by atoms with van der Waals surface area (Å²) in [5, 5.41) is 147. The number of amides is 2. The van der Waals surface area contributed by atoms with Crippen molar-refractivity contribution in [2.45, 2.75) is 274 Å². The quantitative estimate of drug-likeness (QED) is 0.0436. The standard InChI is InChI=1S/C62H100N2O26/c1-25(2)18-29(70)19-26(3)31-11-12-32-30-10-13-39-60(6,7)40(15-17-62(39,9)33(30)14-16-61(31,32)8)88-59-53(47(75)38(24-82-59)87-55-41(63-27(4)68)48(76)43(71)34(20-65)83-55)89-56-42(64-28(5)69)49(77)46(74)37(86-56)23-81-58-54(51(79)45(73)36(22-67)85-58)90-57-52(80)50(78)44(72)35(21-66)84-57/h18,26,31-32,34-59,65-67,71-80H,10-17,19-24H2,1-9H3,(H,63,68)(H,64,69)/t26-,31-,32+,34?,35?,36?,37?,38-,39+,40+,41?,42?,43+,44-,45-,46-,47?,48?,49?,50?,51?,52?,53?,54?,55+,56+,57+,58-,59+,61-,62-/m1/s1. The van der Waals surface area contributed by atoms with E-state index in [-0.39, 0.29) is 28.4 Å². The Hall–Kier alpha value is -2.83. The summed E-state index contributed by atoms with van der Waals surface area (Å²) in [5.74, 6) is -0.00445. The molecule has 5 heterocycles. The van der Waals surface area contributed by atoms with Gasteiger partial charge < -0.3 is 124 Å². The zero-order valence-corrected chi connectivity index (χ0v) is 52.8. The van der Waals surface area contributed by atoms with E-state index in [1.165, 1.54) is 5.57 Å². The molecule has 14 unspecified atom stereocenters. The number of nitrogens with one attached hydrogen (secondary N) is 2. The minimum atomic E-state index is -1.99. The maximum absolute atomic E-state index is 13.0. The van der Waals surface area contributed by atoms with Crippen molar-refractivity contribution in [1.29, 1.82) is 0 Å². The molecule has 4 aliphatic carbocycles. The summed E-state index contributed by atoms with van der Waals surface area (Å²) in [4.78, 5) is 38.4. The molecular formula is C62H100N2O26. The van der Waals surface area contributed by atoms with Crippen LogP contribution >= 0.6 is 0 Å². The number of aliphatic hydroxyl groups excluding tert-OH is 13. The predicted octanol–water partition coefficient (Wildman–Crippen LogP) is -2.68. The molecule has 15 N–H and O–H groups in total. The first kappa shape index (κ1) is 71.5. The molecule has 0 spiro atoms. The molecule has 90 heavy (non-hydrogen) atoms. The molecule has 9 rings (SSSR count). The molecule has 28 nitrogen and oxygen atoms in total. The highest BCUT2D eigenvalue weighted by Gasteiger charge is 2.62. The second-order valence-corrected chi connectivity index (χ2v) is 28.1. The number of hydrogen-bond acceptors (Lipinski definition) is 26. The summed E-state index contributed by atoms with van der Waals surface area (Å²) in [5.41, 5.74) is 3.39. The molecule has 0 aromatic rings. The maximum atomic E-state index is 13.0. The monoisotopic (exact) mass is 1290 g/mol. The van der Waals surface area contributed by atoms with Crippen molar-refractivity contribution < 1.29 is 128 Å². The SMILES string of the molecule is CC(=O)NC1C(O)[C@H](O)C(CO[C@@H]2OC(CO)[C@@H](O)C(O)C2O[C@@H]2OC(CO)[C@@H](O)C(O)C2O)O[C@H]1OC1C(O)[C@H](O[C@@H]2OC(CO)[C@H](O)C(O)C2NC(C)=O)CO[C@H]1O[C@H]1CC[C@]2(C)C3=C(CC[C@H]2C1(C)C)[C@@H]1CC[C@H]([C@H](C)CC(=O)C=C(C)C)[C@@]1(C)CC3. The normalized spacial score (nSPS) is 47.3. The highest BCUT2D eigenvalue weighted by Crippen LogP contribution is 2.68. The van der Waals surface area contributed by atoms with Crippen LogP contribution in [0.15, 0.2) is 22.8 Å². The Morgan fingerprint density at radius 3 is 1.71 bits per heavy atom. The van der Waals surface area contributed by atoms with Gasteiger partial charge >= 0.3 is 0 Å². The molecular weight excluding hydrogens is 1190 g/mol. The van der Waals surface area contributed by atoms with Crippen molar-refractivity contribution in [2.75, 3.05) is 33.0 Å². The third-order valence-corrected chi connectivity index (χ3v) is 21.6. The van der Waals surface area contributed by atoms with Gasteiger partial charge in [0.2, 0.25) is 11.8 Å². The Balaban J connectivity index is 0.984. The third-order valence-electron chi connectivity index (χ3n) is 21.6. The van der Waals surface area contributed by atoms with Gasteiger partial charge in [-0.3, -0.25) is 14.4 Å². The molecule has 2 amide bonds. The Morgan fingerprint density at radius 2 is 1.11 bits per heavy atom. The van der Waals surface area contributed by atoms with Gasteiger partial charge in [-0.1, -0.05) is 51.3 Å². The van der Waals surface area contributed by atoms with Crippen LogP contribution in [0.4, 0.5) is 0 Å². The van der Waals surface area contributed by atoms with E-state index >= 15 is 0 Å². The summed E-state index contributed by atoms with van der Waals surface area (Å²) in [6, 6.07) is -3.06. The number of aliphatic hydroxyl groups is 13. The molecule has 5 saturated heterocycles. The van der Waals surface area contributed by atoms with Gasteiger partial charge in [0.05, 0.1) is 39.1 Å². The van der Waals surface area contributed by atoms with Crippen LogP contribution in [0.25, 0.3) is 0 Å². The summed E-state index contributed by atoms with van der Waals surface area (Å²) >= 11 is 0. The number of carbonyl (C=O) groups excluding carboxylic acids is 3. The lowest BCUT2D eigenvalue weighted by Gasteiger charge is -2.61. The minimum Gasteiger partial charge on any atom is -0.394 e. The molecule has 0 aromatic carbocycles. The zero-order valence-electron chi connectivity index (χ0n) is 52.8. The van der Waals surface area contributed by atoms with Gasteiger partial charge in [0.1, 0.15) is 116 Å². The Bertz CT molecular complexity index is 2540. The van der Waals surface area contributed by atoms with E-state index in [9.17, 15) is 80.8 Å². The second kappa shape index (κ2) is 28.9. The number of ether oxygens (including phenoxy) is 10. The fraction of sp³-hybridized carbons (Fsp3) is 0.887. The van der Waals surface area contributed by atoms with Crippen LogP contribution in [-0.4, -0.2) is 270 Å². The molecule has 9 aliphatic rings. The minimum absolute atomic E-state index is 0.0654. The van der Waals surface area contributed by atoms with Crippen molar-refractivity contribution in [2.24, 2.45) is 39.9 Å². The first-order chi connectivity index (χ1) is 42.4. The number of fused-ring (bicyclic) bond motifs is 4. The van der Waals surface area contributed by atoms with Crippen molar-refractivity contribution in [3.05, 3.63) is 22.8 Å². The van der Waals surface area contributed by atoms with Crippen molar-refractivity contribution in [1.82, 2.24) is 10.6 Å². The summed E-state index contributed by atoms with van der Waals surface area (Å²) in [7, 11) is 0. The van der Waals surface area contributed by atoms with E-state index in [2.05, 4.69) is 45.3 Å². The molecule has 0 radical (unpaired) electrons. The molecule has 0 bridgehead atoms. The predicted molar refractivity (Wildman–Crippen MR) is 309 cm³/mol. The molecule has 31 atom stereocenters. The van der Waals surface area contributed by atoms with Gasteiger partial charge in [-0.25, -0.2) is 0 Å². The van der Waals surface area contributed by atoms with Gasteiger partial charge in [-0.05, 0) is 111 Å². The van der Waals surface area contributed by atoms with E-state index in [1.807, 2.05) is 13.8 Å². The van der Waals surface area contributed by atoms with E-state index < -0.39 is 204 Å². The highest BCUT2D eigenvalue weighted by molar-refractivity contribution is 5.90. The first-order valence-corrected chi connectivity index (χ1v) is 31.9. The van der Waals surface area contributed by atoms with Gasteiger partial charge in [-0.2, -0.15) is 0 Å². The smallest absolute Gasteiger partial charge is 0.217 e. The Morgan fingerprint density at radius 1 is 0.578 bits per heavy atom. The molecule has 514 valence electrons. The zero-order chi connectivity index (χ0) is 65.8. The van der Waals surface area contributed by atoms with Crippen molar-refractivity contribution in [3.63, 3.8) is 0 Å². The maximum Gasteiger partial charge on any atom is 0.217 e. The molecule has 5 aliphatic heterocycles. The van der Waals surface area contributed by atoms with Crippen LogP contribution in [-0.2, 0) is 61.8 Å². The lowest BCUT2D eigenvalue weighted by molar-refractivity contribution is -0.379. The first-order valence-electron chi connectivity index (χ1n) is 31.9. The van der Waals surface area contributed by atoms with E-state index in [1.54, 1.807) is 11.6 Å². The number of ketones is 1. The van der Waals surface area contributed by atoms with Crippen molar-refractivity contribution in [3.8, 4) is 0 Å². The largest absolute Gasteiger partial charge is 0.394 e. The average molecular weight is 1290 g/mol. The number of hydrogen-bond donors (Lipinski definition) is 15. The number of rotatable bonds is 20.